The third-order valence-electron chi connectivity index (χ3n) is 5.88. The number of rotatable bonds is 17. The van der Waals surface area contributed by atoms with Crippen LogP contribution in [0.25, 0.3) is 6.08 Å². The molecule has 6 heteroatoms. The van der Waals surface area contributed by atoms with Crippen LogP contribution in [0.2, 0.25) is 13.3 Å². The fraction of sp³-hybridized carbons (Fsp3) is 0.680. The topological polar surface area (TPSA) is 44.8 Å². The maximum absolute atomic E-state index is 14.3. The summed E-state index contributed by atoms with van der Waals surface area (Å²) in [7, 11) is -1.66. The molecule has 0 spiro atoms. The van der Waals surface area contributed by atoms with Gasteiger partial charge in [0.15, 0.2) is 0 Å². The van der Waals surface area contributed by atoms with Crippen molar-refractivity contribution >= 4 is 32.0 Å². The molecular weight excluding hydrogens is 514 g/mol. The van der Waals surface area contributed by atoms with Crippen molar-refractivity contribution in [1.82, 2.24) is 0 Å². The van der Waals surface area contributed by atoms with Crippen molar-refractivity contribution in [2.45, 2.75) is 86.5 Å². The molecule has 0 radical (unpaired) electrons. The summed E-state index contributed by atoms with van der Waals surface area (Å²) in [6.07, 6.45) is 9.27. The molecule has 0 aliphatic heterocycles. The van der Waals surface area contributed by atoms with Gasteiger partial charge in [-0.05, 0) is 0 Å². The summed E-state index contributed by atoms with van der Waals surface area (Å²) in [5, 5.41) is 0. The summed E-state index contributed by atoms with van der Waals surface area (Å²) in [6.45, 7) is 11.4. The number of hydrogen-bond acceptors (Lipinski definition) is 4. The first-order chi connectivity index (χ1) is 14.9. The summed E-state index contributed by atoms with van der Waals surface area (Å²) in [5.41, 5.74) is 1.06. The van der Waals surface area contributed by atoms with Crippen LogP contribution >= 0.6 is 7.60 Å². The molecule has 0 fully saturated rings. The van der Waals surface area contributed by atoms with Gasteiger partial charge in [0.05, 0.1) is 0 Å². The zero-order chi connectivity index (χ0) is 23.2. The third kappa shape index (κ3) is 8.87. The van der Waals surface area contributed by atoms with Crippen molar-refractivity contribution in [3.63, 3.8) is 0 Å². The summed E-state index contributed by atoms with van der Waals surface area (Å²) >= 11 is -3.06. The Morgan fingerprint density at radius 2 is 1.29 bits per heavy atom. The molecule has 31 heavy (non-hydrogen) atoms. The Kier molecular flexibility index (Phi) is 14.4. The minimum absolute atomic E-state index is 0.397. The Bertz CT molecular complexity index is 655. The van der Waals surface area contributed by atoms with Crippen molar-refractivity contribution in [1.29, 1.82) is 0 Å². The van der Waals surface area contributed by atoms with E-state index in [-0.39, 0.29) is 0 Å². The van der Waals surface area contributed by atoms with Crippen LogP contribution in [0, 0.1) is 0 Å². The molecule has 0 aromatic heterocycles. The van der Waals surface area contributed by atoms with Crippen LogP contribution in [0.1, 0.15) is 78.7 Å². The second-order valence-electron chi connectivity index (χ2n) is 8.23. The Balaban J connectivity index is 3.70. The fourth-order valence-corrected chi connectivity index (χ4v) is 29.0. The van der Waals surface area contributed by atoms with E-state index in [9.17, 15) is 4.57 Å². The summed E-state index contributed by atoms with van der Waals surface area (Å²) in [5.74, 6) is 0.828. The van der Waals surface area contributed by atoms with Gasteiger partial charge in [-0.25, -0.2) is 0 Å². The van der Waals surface area contributed by atoms with Crippen molar-refractivity contribution in [2.75, 3.05) is 20.3 Å². The van der Waals surface area contributed by atoms with Crippen molar-refractivity contribution < 1.29 is 18.3 Å². The SMILES string of the molecule is CCC[CH2][Sn]([CH2]CCC)([CH2]CCC)/[C](=C/c1ccc(OC)cc1)P(=O)(OCC)OCC. The van der Waals surface area contributed by atoms with Crippen molar-refractivity contribution in [3.8, 4) is 5.75 Å². The van der Waals surface area contributed by atoms with E-state index >= 15 is 0 Å². The minimum atomic E-state index is -3.33. The fourth-order valence-electron chi connectivity index (χ4n) is 4.20. The van der Waals surface area contributed by atoms with E-state index in [1.54, 1.807) is 7.11 Å². The monoisotopic (exact) mass is 560 g/mol. The van der Waals surface area contributed by atoms with E-state index in [1.165, 1.54) is 51.8 Å². The molecule has 0 saturated heterocycles. The second kappa shape index (κ2) is 15.5. The van der Waals surface area contributed by atoms with Gasteiger partial charge in [-0.15, -0.1) is 0 Å². The molecule has 178 valence electrons. The van der Waals surface area contributed by atoms with Crippen LogP contribution in [0.4, 0.5) is 0 Å². The molecule has 4 nitrogen and oxygen atoms in total. The van der Waals surface area contributed by atoms with Crippen LogP contribution in [-0.4, -0.2) is 38.7 Å². The van der Waals surface area contributed by atoms with Gasteiger partial charge in [0, 0.05) is 0 Å². The number of hydrogen-bond donors (Lipinski definition) is 0. The molecular formula is C25H45O4PSn. The number of unbranched alkanes of at least 4 members (excludes halogenated alkanes) is 3. The zero-order valence-corrected chi connectivity index (χ0v) is 24.5. The molecule has 0 heterocycles. The van der Waals surface area contributed by atoms with E-state index < -0.39 is 26.0 Å². The van der Waals surface area contributed by atoms with Crippen molar-refractivity contribution in [2.24, 2.45) is 0 Å². The van der Waals surface area contributed by atoms with E-state index in [0.29, 0.717) is 13.2 Å². The summed E-state index contributed by atoms with van der Waals surface area (Å²) < 4.78 is 36.3. The maximum atomic E-state index is 14.3. The van der Waals surface area contributed by atoms with Crippen LogP contribution < -0.4 is 4.74 Å². The van der Waals surface area contributed by atoms with E-state index in [1.807, 2.05) is 26.0 Å². The zero-order valence-electron chi connectivity index (χ0n) is 20.7. The molecule has 1 aromatic rings. The number of ether oxygens (including phenoxy) is 1. The summed E-state index contributed by atoms with van der Waals surface area (Å²) in [6, 6.07) is 8.04. The molecule has 0 bridgehead atoms. The van der Waals surface area contributed by atoms with E-state index in [4.69, 9.17) is 13.8 Å². The Morgan fingerprint density at radius 3 is 1.65 bits per heavy atom. The standard InChI is InChI=1S/C13H18O4P.3C4H9.Sn/c1-4-16-18(14,17-5-2)11-10-12-6-8-13(15-3)9-7-12;3*1-3-4-2;/h6-10H,4-5H2,1-3H3;3*1,3-4H2,2H3;. The quantitative estimate of drug-likeness (QED) is 0.142. The molecule has 0 aliphatic carbocycles. The van der Waals surface area contributed by atoms with Gasteiger partial charge in [0.25, 0.3) is 0 Å². The Morgan fingerprint density at radius 1 is 0.839 bits per heavy atom. The van der Waals surface area contributed by atoms with Gasteiger partial charge in [0.2, 0.25) is 0 Å². The van der Waals surface area contributed by atoms with Crippen LogP contribution in [-0.2, 0) is 13.6 Å². The first-order valence-corrected chi connectivity index (χ1v) is 21.2. The van der Waals surface area contributed by atoms with Gasteiger partial charge >= 0.3 is 196 Å². The predicted octanol–water partition coefficient (Wildman–Crippen LogP) is 8.69. The van der Waals surface area contributed by atoms with E-state index in [2.05, 4.69) is 39.0 Å². The molecule has 1 rings (SSSR count). The first-order valence-electron chi connectivity index (χ1n) is 12.2. The molecule has 0 aliphatic rings. The van der Waals surface area contributed by atoms with Crippen LogP contribution in [0.3, 0.4) is 0 Å². The van der Waals surface area contributed by atoms with E-state index in [0.717, 1.165) is 14.6 Å². The van der Waals surface area contributed by atoms with Gasteiger partial charge in [-0.2, -0.15) is 0 Å². The number of benzene rings is 1. The molecule has 0 amide bonds. The second-order valence-corrected chi connectivity index (χ2v) is 24.5. The van der Waals surface area contributed by atoms with Crippen LogP contribution in [0.5, 0.6) is 5.75 Å². The van der Waals surface area contributed by atoms with Gasteiger partial charge in [-0.3, -0.25) is 0 Å². The molecule has 0 N–H and O–H groups in total. The molecule has 0 saturated carbocycles. The van der Waals surface area contributed by atoms with Gasteiger partial charge < -0.3 is 0 Å². The van der Waals surface area contributed by atoms with Gasteiger partial charge in [-0.1, -0.05) is 0 Å². The molecule has 0 unspecified atom stereocenters. The van der Waals surface area contributed by atoms with Crippen LogP contribution in [0.15, 0.2) is 27.6 Å². The average molecular weight is 559 g/mol. The first kappa shape index (κ1) is 28.7. The Hall–Kier alpha value is -0.291. The van der Waals surface area contributed by atoms with Crippen molar-refractivity contribution in [3.05, 3.63) is 33.2 Å². The molecule has 0 atom stereocenters. The third-order valence-corrected chi connectivity index (χ3v) is 28.1. The number of methoxy groups -OCH3 is 1. The predicted molar refractivity (Wildman–Crippen MR) is 137 cm³/mol. The summed E-state index contributed by atoms with van der Waals surface area (Å²) in [4.78, 5) is 0. The normalized spacial score (nSPS) is 12.9. The molecule has 1 aromatic carbocycles. The average Bonchev–Trinajstić information content (AvgIpc) is 2.78. The Labute approximate surface area is 195 Å². The van der Waals surface area contributed by atoms with Gasteiger partial charge in [0.1, 0.15) is 0 Å².